The largest absolute Gasteiger partial charge is 0.336 e. The summed E-state index contributed by atoms with van der Waals surface area (Å²) in [6.45, 7) is 0.850. The Hall–Kier alpha value is -2.72. The number of hydrogen-bond acceptors (Lipinski definition) is 2. The highest BCUT2D eigenvalue weighted by Gasteiger charge is 2.30. The van der Waals surface area contributed by atoms with E-state index in [4.69, 9.17) is 0 Å². The quantitative estimate of drug-likeness (QED) is 0.498. The van der Waals surface area contributed by atoms with Gasteiger partial charge in [0.25, 0.3) is 0 Å². The van der Waals surface area contributed by atoms with E-state index >= 15 is 0 Å². The second-order valence-corrected chi connectivity index (χ2v) is 7.78. The minimum Gasteiger partial charge on any atom is -0.336 e. The van der Waals surface area contributed by atoms with Crippen molar-refractivity contribution >= 4 is 28.0 Å². The lowest BCUT2D eigenvalue weighted by atomic mass is 9.93. The van der Waals surface area contributed by atoms with Gasteiger partial charge in [0.05, 0.1) is 21.8 Å². The Morgan fingerprint density at radius 2 is 2.00 bits per heavy atom. The SMILES string of the molecule is O=C1c2sccc2CCC1n1ccc2c[n+](Cc3ccccc3)ccc21. The van der Waals surface area contributed by atoms with E-state index in [1.807, 2.05) is 11.4 Å². The van der Waals surface area contributed by atoms with Gasteiger partial charge in [-0.05, 0) is 35.9 Å². The van der Waals surface area contributed by atoms with Crippen molar-refractivity contribution in [3.8, 4) is 0 Å². The molecule has 0 saturated heterocycles. The van der Waals surface area contributed by atoms with Crippen LogP contribution in [0.4, 0.5) is 0 Å². The zero-order chi connectivity index (χ0) is 17.5. The fraction of sp³-hybridized carbons (Fsp3) is 0.182. The number of carbonyl (C=O) groups excluding carboxylic acids is 1. The fourth-order valence-electron chi connectivity index (χ4n) is 3.91. The third-order valence-corrected chi connectivity index (χ3v) is 6.19. The third-order valence-electron chi connectivity index (χ3n) is 5.22. The third kappa shape index (κ3) is 2.58. The van der Waals surface area contributed by atoms with Crippen LogP contribution < -0.4 is 4.57 Å². The standard InChI is InChI=1S/C22H19N2OS/c25-21-20(7-6-17-10-13-26-22(17)21)24-12-8-18-15-23(11-9-19(18)24)14-16-4-2-1-3-5-16/h1-5,8-13,15,20H,6-7,14H2/q+1. The van der Waals surface area contributed by atoms with Crippen LogP contribution in [0, 0.1) is 0 Å². The summed E-state index contributed by atoms with van der Waals surface area (Å²) in [6.07, 6.45) is 8.21. The van der Waals surface area contributed by atoms with E-state index in [0.29, 0.717) is 0 Å². The Balaban J connectivity index is 1.48. The van der Waals surface area contributed by atoms with E-state index in [-0.39, 0.29) is 11.8 Å². The number of thiophene rings is 1. The van der Waals surface area contributed by atoms with Crippen LogP contribution >= 0.6 is 11.3 Å². The Bertz CT molecular complexity index is 1090. The molecule has 1 atom stereocenters. The number of Topliss-reactive ketones (excluding diaryl/α,β-unsaturated/α-hetero) is 1. The van der Waals surface area contributed by atoms with Gasteiger partial charge in [-0.15, -0.1) is 11.3 Å². The number of ketones is 1. The van der Waals surface area contributed by atoms with Crippen LogP contribution in [-0.2, 0) is 13.0 Å². The van der Waals surface area contributed by atoms with Crippen molar-refractivity contribution in [2.45, 2.75) is 25.4 Å². The predicted molar refractivity (Wildman–Crippen MR) is 104 cm³/mol. The zero-order valence-electron chi connectivity index (χ0n) is 14.3. The average molecular weight is 359 g/mol. The summed E-state index contributed by atoms with van der Waals surface area (Å²) in [4.78, 5) is 13.9. The van der Waals surface area contributed by atoms with Crippen molar-refractivity contribution in [2.24, 2.45) is 0 Å². The maximum atomic E-state index is 12.9. The molecular weight excluding hydrogens is 340 g/mol. The van der Waals surface area contributed by atoms with Gasteiger partial charge in [-0.1, -0.05) is 30.3 Å². The molecule has 0 aliphatic heterocycles. The minimum atomic E-state index is -0.0800. The van der Waals surface area contributed by atoms with E-state index in [1.165, 1.54) is 16.5 Å². The van der Waals surface area contributed by atoms with Gasteiger partial charge in [-0.2, -0.15) is 0 Å². The topological polar surface area (TPSA) is 25.9 Å². The van der Waals surface area contributed by atoms with Gasteiger partial charge in [-0.25, -0.2) is 4.57 Å². The van der Waals surface area contributed by atoms with Gasteiger partial charge in [0, 0.05) is 17.8 Å². The molecule has 1 aliphatic rings. The molecule has 3 nitrogen and oxygen atoms in total. The number of aryl methyl sites for hydroxylation is 1. The molecule has 26 heavy (non-hydrogen) atoms. The first-order valence-corrected chi connectivity index (χ1v) is 9.82. The van der Waals surface area contributed by atoms with Gasteiger partial charge in [0.2, 0.25) is 0 Å². The number of benzene rings is 1. The van der Waals surface area contributed by atoms with Crippen molar-refractivity contribution < 1.29 is 9.36 Å². The smallest absolute Gasteiger partial charge is 0.195 e. The molecule has 3 heterocycles. The maximum absolute atomic E-state index is 12.9. The summed E-state index contributed by atoms with van der Waals surface area (Å²) in [5.41, 5.74) is 3.63. The van der Waals surface area contributed by atoms with Gasteiger partial charge in [-0.3, -0.25) is 4.79 Å². The van der Waals surface area contributed by atoms with E-state index in [9.17, 15) is 4.79 Å². The van der Waals surface area contributed by atoms with Gasteiger partial charge >= 0.3 is 0 Å². The van der Waals surface area contributed by atoms with E-state index in [0.717, 1.165) is 29.8 Å². The highest BCUT2D eigenvalue weighted by molar-refractivity contribution is 7.12. The van der Waals surface area contributed by atoms with Gasteiger partial charge in [0.1, 0.15) is 0 Å². The Morgan fingerprint density at radius 3 is 2.88 bits per heavy atom. The Labute approximate surface area is 156 Å². The molecule has 0 amide bonds. The molecule has 4 heteroatoms. The van der Waals surface area contributed by atoms with Crippen molar-refractivity contribution in [3.05, 3.63) is 88.5 Å². The first kappa shape index (κ1) is 15.5. The zero-order valence-corrected chi connectivity index (χ0v) is 15.2. The van der Waals surface area contributed by atoms with Crippen molar-refractivity contribution in [3.63, 3.8) is 0 Å². The van der Waals surface area contributed by atoms with Crippen LogP contribution in [0.2, 0.25) is 0 Å². The summed E-state index contributed by atoms with van der Waals surface area (Å²) in [7, 11) is 0. The Kier molecular flexibility index (Phi) is 3.71. The van der Waals surface area contributed by atoms with Gasteiger partial charge < -0.3 is 4.57 Å². The van der Waals surface area contributed by atoms with Crippen LogP contribution in [-0.4, -0.2) is 10.4 Å². The number of rotatable bonds is 3. The number of carbonyl (C=O) groups is 1. The molecule has 0 N–H and O–H groups in total. The summed E-state index contributed by atoms with van der Waals surface area (Å²) in [5, 5.41) is 3.21. The molecule has 0 spiro atoms. The molecular formula is C22H19N2OS+. The average Bonchev–Trinajstić information content (AvgIpc) is 3.30. The molecule has 0 saturated carbocycles. The number of aromatic nitrogens is 2. The van der Waals surface area contributed by atoms with E-state index in [1.54, 1.807) is 11.3 Å². The first-order valence-electron chi connectivity index (χ1n) is 8.94. The molecule has 5 rings (SSSR count). The van der Waals surface area contributed by atoms with Crippen molar-refractivity contribution in [1.82, 2.24) is 4.57 Å². The molecule has 0 fully saturated rings. The number of pyridine rings is 1. The maximum Gasteiger partial charge on any atom is 0.195 e. The minimum absolute atomic E-state index is 0.0800. The van der Waals surface area contributed by atoms with Crippen LogP contribution in [0.3, 0.4) is 0 Å². The molecule has 0 radical (unpaired) electrons. The molecule has 1 aliphatic carbocycles. The number of hydrogen-bond donors (Lipinski definition) is 0. The van der Waals surface area contributed by atoms with Gasteiger partial charge in [0.15, 0.2) is 24.7 Å². The summed E-state index contributed by atoms with van der Waals surface area (Å²) >= 11 is 1.58. The Morgan fingerprint density at radius 1 is 1.12 bits per heavy atom. The van der Waals surface area contributed by atoms with Crippen LogP contribution in [0.15, 0.2) is 72.5 Å². The predicted octanol–water partition coefficient (Wildman–Crippen LogP) is 4.41. The summed E-state index contributed by atoms with van der Waals surface area (Å²) < 4.78 is 4.36. The van der Waals surface area contributed by atoms with Crippen LogP contribution in [0.5, 0.6) is 0 Å². The second kappa shape index (κ2) is 6.22. The van der Waals surface area contributed by atoms with Crippen molar-refractivity contribution in [1.29, 1.82) is 0 Å². The lowest BCUT2D eigenvalue weighted by Gasteiger charge is -2.23. The van der Waals surface area contributed by atoms with E-state index in [2.05, 4.69) is 70.2 Å². The molecule has 3 aromatic heterocycles. The van der Waals surface area contributed by atoms with Crippen LogP contribution in [0.1, 0.15) is 33.3 Å². The number of fused-ring (bicyclic) bond motifs is 2. The van der Waals surface area contributed by atoms with Crippen molar-refractivity contribution in [2.75, 3.05) is 0 Å². The number of nitrogens with zero attached hydrogens (tertiary/aromatic N) is 2. The molecule has 0 bridgehead atoms. The molecule has 1 unspecified atom stereocenters. The highest BCUT2D eigenvalue weighted by atomic mass is 32.1. The van der Waals surface area contributed by atoms with E-state index < -0.39 is 0 Å². The normalized spacial score (nSPS) is 16.8. The fourth-order valence-corrected chi connectivity index (χ4v) is 4.85. The van der Waals surface area contributed by atoms with Crippen LogP contribution in [0.25, 0.3) is 10.9 Å². The summed E-state index contributed by atoms with van der Waals surface area (Å²) in [5.74, 6) is 0.264. The highest BCUT2D eigenvalue weighted by Crippen LogP contribution is 2.34. The lowest BCUT2D eigenvalue weighted by molar-refractivity contribution is -0.687. The monoisotopic (exact) mass is 359 g/mol. The second-order valence-electron chi connectivity index (χ2n) is 6.86. The first-order chi connectivity index (χ1) is 12.8. The lowest BCUT2D eigenvalue weighted by Crippen LogP contribution is -2.33. The molecule has 4 aromatic rings. The molecule has 128 valence electrons. The summed E-state index contributed by atoms with van der Waals surface area (Å²) in [6, 6.07) is 16.7. The molecule has 1 aromatic carbocycles.